The van der Waals surface area contributed by atoms with Gasteiger partial charge < -0.3 is 14.4 Å². The van der Waals surface area contributed by atoms with Crippen LogP contribution in [0.5, 0.6) is 0 Å². The summed E-state index contributed by atoms with van der Waals surface area (Å²) in [5, 5.41) is 6.83. The zero-order valence-electron chi connectivity index (χ0n) is 14.7. The highest BCUT2D eigenvalue weighted by molar-refractivity contribution is 5.94. The van der Waals surface area contributed by atoms with Crippen LogP contribution in [-0.2, 0) is 5.41 Å². The predicted octanol–water partition coefficient (Wildman–Crippen LogP) is 3.04. The Kier molecular flexibility index (Phi) is 4.39. The second-order valence-electron chi connectivity index (χ2n) is 6.90. The molecule has 0 saturated carbocycles. The van der Waals surface area contributed by atoms with Crippen LogP contribution in [0.15, 0.2) is 47.4 Å². The number of carbonyl (C=O) groups excluding carboxylic acids is 1. The van der Waals surface area contributed by atoms with E-state index in [4.69, 9.17) is 4.52 Å². The van der Waals surface area contributed by atoms with Gasteiger partial charge in [0.25, 0.3) is 5.91 Å². The number of pyridine rings is 1. The minimum Gasteiger partial charge on any atom is -0.340 e. The summed E-state index contributed by atoms with van der Waals surface area (Å²) in [5.74, 6) is 1.51. The lowest BCUT2D eigenvalue weighted by atomic mass is 9.96. The van der Waals surface area contributed by atoms with E-state index >= 15 is 0 Å². The van der Waals surface area contributed by atoms with Crippen LogP contribution in [0.4, 0.5) is 0 Å². The smallest absolute Gasteiger partial charge is 0.253 e. The molecule has 1 N–H and O–H groups in total. The van der Waals surface area contributed by atoms with Crippen molar-refractivity contribution >= 4 is 5.91 Å². The van der Waals surface area contributed by atoms with E-state index in [0.29, 0.717) is 17.3 Å². The SMILES string of the molecule is C[C@@H](NC(=O)c1ccc(-n2cccc2)nc1)c1nc(C(C)(C)C)no1. The van der Waals surface area contributed by atoms with E-state index in [1.165, 1.54) is 0 Å². The molecule has 0 aromatic carbocycles. The first kappa shape index (κ1) is 16.9. The number of aromatic nitrogens is 4. The Bertz CT molecular complexity index is 844. The first-order valence-electron chi connectivity index (χ1n) is 8.09. The van der Waals surface area contributed by atoms with Crippen molar-refractivity contribution < 1.29 is 9.32 Å². The Morgan fingerprint density at radius 2 is 1.96 bits per heavy atom. The summed E-state index contributed by atoms with van der Waals surface area (Å²) < 4.78 is 7.13. The van der Waals surface area contributed by atoms with Gasteiger partial charge in [-0.05, 0) is 31.2 Å². The van der Waals surface area contributed by atoms with Crippen molar-refractivity contribution in [2.45, 2.75) is 39.2 Å². The van der Waals surface area contributed by atoms with Gasteiger partial charge in [0.15, 0.2) is 5.82 Å². The van der Waals surface area contributed by atoms with Crippen LogP contribution in [0, 0.1) is 0 Å². The summed E-state index contributed by atoms with van der Waals surface area (Å²) >= 11 is 0. The van der Waals surface area contributed by atoms with E-state index in [2.05, 4.69) is 20.4 Å². The molecular formula is C18H21N5O2. The zero-order chi connectivity index (χ0) is 18.0. The van der Waals surface area contributed by atoms with Crippen molar-refractivity contribution in [1.82, 2.24) is 25.0 Å². The molecule has 0 bridgehead atoms. The molecule has 0 spiro atoms. The monoisotopic (exact) mass is 339 g/mol. The fourth-order valence-electron chi connectivity index (χ4n) is 2.22. The molecule has 7 nitrogen and oxygen atoms in total. The normalized spacial score (nSPS) is 12.8. The minimum absolute atomic E-state index is 0.205. The molecule has 0 aliphatic carbocycles. The Labute approximate surface area is 146 Å². The molecule has 0 fully saturated rings. The second kappa shape index (κ2) is 6.51. The van der Waals surface area contributed by atoms with Gasteiger partial charge >= 0.3 is 0 Å². The lowest BCUT2D eigenvalue weighted by Crippen LogP contribution is -2.27. The molecule has 1 atom stereocenters. The molecule has 3 heterocycles. The van der Waals surface area contributed by atoms with Crippen LogP contribution < -0.4 is 5.32 Å². The molecule has 3 aromatic rings. The average molecular weight is 339 g/mol. The lowest BCUT2D eigenvalue weighted by Gasteiger charge is -2.12. The summed E-state index contributed by atoms with van der Waals surface area (Å²) in [5.41, 5.74) is 0.266. The Morgan fingerprint density at radius 1 is 1.24 bits per heavy atom. The lowest BCUT2D eigenvalue weighted by molar-refractivity contribution is 0.0932. The van der Waals surface area contributed by atoms with Crippen molar-refractivity contribution in [2.24, 2.45) is 0 Å². The third-order valence-electron chi connectivity index (χ3n) is 3.71. The highest BCUT2D eigenvalue weighted by Gasteiger charge is 2.24. The second-order valence-corrected chi connectivity index (χ2v) is 6.90. The van der Waals surface area contributed by atoms with Gasteiger partial charge in [-0.2, -0.15) is 4.98 Å². The van der Waals surface area contributed by atoms with Gasteiger partial charge in [0.2, 0.25) is 5.89 Å². The van der Waals surface area contributed by atoms with E-state index in [1.807, 2.05) is 49.9 Å². The van der Waals surface area contributed by atoms with Crippen LogP contribution in [0.2, 0.25) is 0 Å². The molecule has 7 heteroatoms. The van der Waals surface area contributed by atoms with Gasteiger partial charge in [-0.3, -0.25) is 4.79 Å². The number of carbonyl (C=O) groups is 1. The molecular weight excluding hydrogens is 318 g/mol. The summed E-state index contributed by atoms with van der Waals surface area (Å²) in [6, 6.07) is 6.98. The molecule has 1 amide bonds. The highest BCUT2D eigenvalue weighted by atomic mass is 16.5. The van der Waals surface area contributed by atoms with Crippen molar-refractivity contribution in [3.8, 4) is 5.82 Å². The zero-order valence-corrected chi connectivity index (χ0v) is 14.7. The van der Waals surface area contributed by atoms with Gasteiger partial charge in [0.1, 0.15) is 11.9 Å². The highest BCUT2D eigenvalue weighted by Crippen LogP contribution is 2.21. The van der Waals surface area contributed by atoms with Crippen LogP contribution in [0.25, 0.3) is 5.82 Å². The Hall–Kier alpha value is -2.96. The third-order valence-corrected chi connectivity index (χ3v) is 3.71. The first-order valence-corrected chi connectivity index (χ1v) is 8.09. The van der Waals surface area contributed by atoms with E-state index in [1.54, 1.807) is 25.3 Å². The molecule has 0 aliphatic rings. The van der Waals surface area contributed by atoms with Crippen molar-refractivity contribution in [1.29, 1.82) is 0 Å². The fourth-order valence-corrected chi connectivity index (χ4v) is 2.22. The van der Waals surface area contributed by atoms with Gasteiger partial charge in [0, 0.05) is 24.0 Å². The maximum Gasteiger partial charge on any atom is 0.253 e. The number of nitrogens with one attached hydrogen (secondary N) is 1. The van der Waals surface area contributed by atoms with Crippen molar-refractivity contribution in [3.05, 3.63) is 60.1 Å². The fraction of sp³-hybridized carbons (Fsp3) is 0.333. The van der Waals surface area contributed by atoms with Gasteiger partial charge in [-0.1, -0.05) is 25.9 Å². The van der Waals surface area contributed by atoms with Gasteiger partial charge in [-0.15, -0.1) is 0 Å². The summed E-state index contributed by atoms with van der Waals surface area (Å²) in [6.45, 7) is 7.81. The first-order chi connectivity index (χ1) is 11.8. The van der Waals surface area contributed by atoms with E-state index in [-0.39, 0.29) is 17.4 Å². The van der Waals surface area contributed by atoms with Crippen LogP contribution in [0.3, 0.4) is 0 Å². The van der Waals surface area contributed by atoms with Crippen molar-refractivity contribution in [3.63, 3.8) is 0 Å². The molecule has 0 radical (unpaired) electrons. The summed E-state index contributed by atoms with van der Waals surface area (Å²) in [6.07, 6.45) is 5.34. The Balaban J connectivity index is 1.68. The number of nitrogens with zero attached hydrogens (tertiary/aromatic N) is 4. The van der Waals surface area contributed by atoms with E-state index < -0.39 is 0 Å². The molecule has 0 aliphatic heterocycles. The summed E-state index contributed by atoms with van der Waals surface area (Å²) in [7, 11) is 0. The summed E-state index contributed by atoms with van der Waals surface area (Å²) in [4.78, 5) is 21.1. The largest absolute Gasteiger partial charge is 0.340 e. The minimum atomic E-state index is -0.389. The molecule has 3 rings (SSSR count). The number of hydrogen-bond donors (Lipinski definition) is 1. The third kappa shape index (κ3) is 3.76. The Morgan fingerprint density at radius 3 is 2.52 bits per heavy atom. The van der Waals surface area contributed by atoms with E-state index in [9.17, 15) is 4.79 Å². The van der Waals surface area contributed by atoms with Crippen LogP contribution in [-0.4, -0.2) is 25.6 Å². The molecule has 0 unspecified atom stereocenters. The quantitative estimate of drug-likeness (QED) is 0.789. The van der Waals surface area contributed by atoms with Crippen molar-refractivity contribution in [2.75, 3.05) is 0 Å². The average Bonchev–Trinajstić information content (AvgIpc) is 3.26. The number of rotatable bonds is 4. The molecule has 25 heavy (non-hydrogen) atoms. The molecule has 130 valence electrons. The maximum absolute atomic E-state index is 12.4. The molecule has 3 aromatic heterocycles. The molecule has 0 saturated heterocycles. The topological polar surface area (TPSA) is 85.8 Å². The van der Waals surface area contributed by atoms with Gasteiger partial charge in [0.05, 0.1) is 5.56 Å². The number of amides is 1. The number of hydrogen-bond acceptors (Lipinski definition) is 5. The predicted molar refractivity (Wildman–Crippen MR) is 92.4 cm³/mol. The van der Waals surface area contributed by atoms with E-state index in [0.717, 1.165) is 5.82 Å². The maximum atomic E-state index is 12.4. The van der Waals surface area contributed by atoms with Gasteiger partial charge in [-0.25, -0.2) is 4.98 Å². The standard InChI is InChI=1S/C18H21N5O2/c1-12(16-21-17(22-25-16)18(2,3)4)20-15(24)13-7-8-14(19-11-13)23-9-5-6-10-23/h5-12H,1-4H3,(H,20,24)/t12-/m1/s1. The van der Waals surface area contributed by atoms with Crippen LogP contribution in [0.1, 0.15) is 55.8 Å². The van der Waals surface area contributed by atoms with Crippen LogP contribution >= 0.6 is 0 Å².